The summed E-state index contributed by atoms with van der Waals surface area (Å²) in [6.07, 6.45) is 0.417. The van der Waals surface area contributed by atoms with Gasteiger partial charge in [-0.3, -0.25) is 0 Å². The van der Waals surface area contributed by atoms with Crippen LogP contribution in [0, 0.1) is 0 Å². The number of benzene rings is 2. The first-order valence-corrected chi connectivity index (χ1v) is 7.23. The van der Waals surface area contributed by atoms with Crippen LogP contribution in [-0.2, 0) is 5.60 Å². The van der Waals surface area contributed by atoms with Crippen LogP contribution < -0.4 is 5.73 Å². The molecule has 21 heavy (non-hydrogen) atoms. The van der Waals surface area contributed by atoms with Gasteiger partial charge in [-0.05, 0) is 35.4 Å². The Kier molecular flexibility index (Phi) is 2.67. The summed E-state index contributed by atoms with van der Waals surface area (Å²) in [4.78, 5) is 0. The number of nitrogens with two attached hydrogens (primary N) is 1. The first-order valence-electron chi connectivity index (χ1n) is 6.85. The lowest BCUT2D eigenvalue weighted by Gasteiger charge is -2.21. The summed E-state index contributed by atoms with van der Waals surface area (Å²) < 4.78 is 5.85. The normalized spacial score (nSPS) is 24.4. The van der Waals surface area contributed by atoms with E-state index in [9.17, 15) is 5.11 Å². The topological polar surface area (TPSA) is 59.4 Å². The highest BCUT2D eigenvalue weighted by molar-refractivity contribution is 6.31. The summed E-state index contributed by atoms with van der Waals surface area (Å²) in [5.41, 5.74) is 7.48. The summed E-state index contributed by atoms with van der Waals surface area (Å²) >= 11 is 6.00. The van der Waals surface area contributed by atoms with Crippen LogP contribution in [0.15, 0.2) is 52.9 Å². The molecule has 0 spiro atoms. The van der Waals surface area contributed by atoms with Gasteiger partial charge >= 0.3 is 0 Å². The van der Waals surface area contributed by atoms with Gasteiger partial charge in [0.2, 0.25) is 0 Å². The molecule has 0 saturated carbocycles. The minimum Gasteiger partial charge on any atom is -0.458 e. The molecule has 0 fully saturated rings. The monoisotopic (exact) mass is 299 g/mol. The third-order valence-corrected chi connectivity index (χ3v) is 4.44. The van der Waals surface area contributed by atoms with Crippen molar-refractivity contribution in [1.82, 2.24) is 0 Å². The van der Waals surface area contributed by atoms with Gasteiger partial charge in [-0.25, -0.2) is 0 Å². The maximum Gasteiger partial charge on any atom is 0.149 e. The molecule has 106 valence electrons. The minimum absolute atomic E-state index is 0.192. The summed E-state index contributed by atoms with van der Waals surface area (Å²) in [6.45, 7) is 0. The summed E-state index contributed by atoms with van der Waals surface area (Å²) in [5.74, 6) is 0.514. The molecular weight excluding hydrogens is 286 g/mol. The molecule has 1 heterocycles. The van der Waals surface area contributed by atoms with Gasteiger partial charge in [0.05, 0.1) is 0 Å². The van der Waals surface area contributed by atoms with Crippen molar-refractivity contribution in [3.63, 3.8) is 0 Å². The van der Waals surface area contributed by atoms with Gasteiger partial charge in [-0.1, -0.05) is 35.9 Å². The number of aliphatic hydroxyl groups is 1. The molecular formula is C17H14ClNO2. The highest BCUT2D eigenvalue weighted by atomic mass is 35.5. The zero-order valence-corrected chi connectivity index (χ0v) is 12.0. The Hall–Kier alpha value is -1.81. The SMILES string of the molecule is NC1CC(O)(c2cc3cc(Cl)ccc3o2)c2ccccc21. The van der Waals surface area contributed by atoms with Crippen molar-refractivity contribution in [3.05, 3.63) is 70.4 Å². The molecule has 0 amide bonds. The predicted octanol–water partition coefficient (Wildman–Crippen LogP) is 3.73. The Morgan fingerprint density at radius 3 is 2.86 bits per heavy atom. The van der Waals surface area contributed by atoms with Crippen LogP contribution in [0.1, 0.15) is 29.3 Å². The Morgan fingerprint density at radius 2 is 2.00 bits per heavy atom. The molecule has 3 nitrogen and oxygen atoms in total. The summed E-state index contributed by atoms with van der Waals surface area (Å²) in [6, 6.07) is 14.8. The molecule has 0 aliphatic heterocycles. The van der Waals surface area contributed by atoms with Gasteiger partial charge in [0, 0.05) is 22.9 Å². The van der Waals surface area contributed by atoms with E-state index in [1.807, 2.05) is 42.5 Å². The molecule has 3 N–H and O–H groups in total. The fourth-order valence-corrected chi connectivity index (χ4v) is 3.37. The molecule has 0 saturated heterocycles. The second-order valence-electron chi connectivity index (χ2n) is 5.55. The zero-order chi connectivity index (χ0) is 14.6. The van der Waals surface area contributed by atoms with Crippen molar-refractivity contribution < 1.29 is 9.52 Å². The molecule has 4 rings (SSSR count). The molecule has 1 aromatic heterocycles. The van der Waals surface area contributed by atoms with E-state index in [0.29, 0.717) is 22.8 Å². The van der Waals surface area contributed by atoms with E-state index in [0.717, 1.165) is 16.5 Å². The van der Waals surface area contributed by atoms with E-state index in [1.54, 1.807) is 6.07 Å². The number of hydrogen-bond acceptors (Lipinski definition) is 3. The molecule has 1 aliphatic carbocycles. The zero-order valence-electron chi connectivity index (χ0n) is 11.2. The second kappa shape index (κ2) is 4.34. The van der Waals surface area contributed by atoms with Gasteiger partial charge in [0.1, 0.15) is 16.9 Å². The lowest BCUT2D eigenvalue weighted by atomic mass is 9.93. The van der Waals surface area contributed by atoms with Gasteiger partial charge < -0.3 is 15.3 Å². The van der Waals surface area contributed by atoms with Crippen LogP contribution in [0.5, 0.6) is 0 Å². The van der Waals surface area contributed by atoms with Crippen molar-refractivity contribution in [1.29, 1.82) is 0 Å². The highest BCUT2D eigenvalue weighted by Crippen LogP contribution is 2.47. The number of halogens is 1. The van der Waals surface area contributed by atoms with Gasteiger partial charge in [-0.2, -0.15) is 0 Å². The standard InChI is InChI=1S/C17H14ClNO2/c18-11-5-6-15-10(7-11)8-16(21-15)17(20)9-14(19)12-3-1-2-4-13(12)17/h1-8,14,20H,9,19H2. The van der Waals surface area contributed by atoms with Crippen molar-refractivity contribution in [2.45, 2.75) is 18.1 Å². The van der Waals surface area contributed by atoms with Crippen LogP contribution in [0.25, 0.3) is 11.0 Å². The fourth-order valence-electron chi connectivity index (χ4n) is 3.19. The molecule has 3 aromatic rings. The maximum absolute atomic E-state index is 11.1. The van der Waals surface area contributed by atoms with E-state index in [2.05, 4.69) is 0 Å². The summed E-state index contributed by atoms with van der Waals surface area (Å²) in [7, 11) is 0. The van der Waals surface area contributed by atoms with Crippen molar-refractivity contribution in [3.8, 4) is 0 Å². The van der Waals surface area contributed by atoms with E-state index in [1.165, 1.54) is 0 Å². The molecule has 0 radical (unpaired) electrons. The third kappa shape index (κ3) is 1.82. The lowest BCUT2D eigenvalue weighted by Crippen LogP contribution is -2.24. The number of fused-ring (bicyclic) bond motifs is 2. The van der Waals surface area contributed by atoms with E-state index < -0.39 is 5.60 Å². The second-order valence-corrected chi connectivity index (χ2v) is 5.99. The van der Waals surface area contributed by atoms with Gasteiger partial charge in [0.15, 0.2) is 0 Å². The van der Waals surface area contributed by atoms with E-state index >= 15 is 0 Å². The Labute approximate surface area is 126 Å². The largest absolute Gasteiger partial charge is 0.458 e. The molecule has 4 heteroatoms. The summed E-state index contributed by atoms with van der Waals surface area (Å²) in [5, 5.41) is 12.7. The Balaban J connectivity index is 1.92. The Bertz CT molecular complexity index is 842. The van der Waals surface area contributed by atoms with Crippen LogP contribution in [0.4, 0.5) is 0 Å². The molecule has 0 bridgehead atoms. The average Bonchev–Trinajstić information content (AvgIpc) is 3.00. The highest BCUT2D eigenvalue weighted by Gasteiger charge is 2.44. The number of hydrogen-bond donors (Lipinski definition) is 2. The van der Waals surface area contributed by atoms with E-state index in [-0.39, 0.29) is 6.04 Å². The minimum atomic E-state index is -1.18. The molecule has 2 atom stereocenters. The van der Waals surface area contributed by atoms with Crippen LogP contribution in [0.2, 0.25) is 5.02 Å². The number of rotatable bonds is 1. The average molecular weight is 300 g/mol. The van der Waals surface area contributed by atoms with Crippen LogP contribution in [-0.4, -0.2) is 5.11 Å². The van der Waals surface area contributed by atoms with Crippen molar-refractivity contribution in [2.24, 2.45) is 5.73 Å². The lowest BCUT2D eigenvalue weighted by molar-refractivity contribution is 0.0556. The molecule has 2 unspecified atom stereocenters. The van der Waals surface area contributed by atoms with Crippen LogP contribution in [0.3, 0.4) is 0 Å². The smallest absolute Gasteiger partial charge is 0.149 e. The van der Waals surface area contributed by atoms with E-state index in [4.69, 9.17) is 21.8 Å². The van der Waals surface area contributed by atoms with Gasteiger partial charge in [-0.15, -0.1) is 0 Å². The third-order valence-electron chi connectivity index (χ3n) is 4.21. The predicted molar refractivity (Wildman–Crippen MR) is 82.2 cm³/mol. The fraction of sp³-hybridized carbons (Fsp3) is 0.176. The molecule has 1 aliphatic rings. The first-order chi connectivity index (χ1) is 10.1. The van der Waals surface area contributed by atoms with Crippen molar-refractivity contribution in [2.75, 3.05) is 0 Å². The van der Waals surface area contributed by atoms with Crippen LogP contribution >= 0.6 is 11.6 Å². The Morgan fingerprint density at radius 1 is 1.19 bits per heavy atom. The maximum atomic E-state index is 11.1. The van der Waals surface area contributed by atoms with Gasteiger partial charge in [0.25, 0.3) is 0 Å². The molecule has 2 aromatic carbocycles. The quantitative estimate of drug-likeness (QED) is 0.720. The number of furan rings is 1. The van der Waals surface area contributed by atoms with Crippen molar-refractivity contribution >= 4 is 22.6 Å². The first kappa shape index (κ1) is 12.9.